The van der Waals surface area contributed by atoms with Gasteiger partial charge in [0.1, 0.15) is 0 Å². The third-order valence-electron chi connectivity index (χ3n) is 4.90. The molecular formula is C16H19F3N2O. The molecule has 22 heavy (non-hydrogen) atoms. The summed E-state index contributed by atoms with van der Waals surface area (Å²) in [6.07, 6.45) is -1.55. The molecule has 0 aromatic heterocycles. The number of fused-ring (bicyclic) bond motifs is 1. The van der Waals surface area contributed by atoms with Crippen LogP contribution in [0.15, 0.2) is 24.3 Å². The highest BCUT2D eigenvalue weighted by Gasteiger charge is 2.42. The van der Waals surface area contributed by atoms with E-state index in [4.69, 9.17) is 5.73 Å². The lowest BCUT2D eigenvalue weighted by Gasteiger charge is -2.29. The normalized spacial score (nSPS) is 28.5. The Balaban J connectivity index is 1.84. The van der Waals surface area contributed by atoms with Gasteiger partial charge in [-0.25, -0.2) is 0 Å². The van der Waals surface area contributed by atoms with Crippen LogP contribution in [0.1, 0.15) is 35.2 Å². The molecule has 120 valence electrons. The summed E-state index contributed by atoms with van der Waals surface area (Å²) in [4.78, 5) is 14.1. The zero-order valence-electron chi connectivity index (χ0n) is 12.1. The molecule has 1 amide bonds. The predicted molar refractivity (Wildman–Crippen MR) is 76.2 cm³/mol. The number of halogens is 3. The van der Waals surface area contributed by atoms with Crippen LogP contribution >= 0.6 is 0 Å². The largest absolute Gasteiger partial charge is 0.417 e. The smallest absolute Gasteiger partial charge is 0.338 e. The Morgan fingerprint density at radius 2 is 1.91 bits per heavy atom. The summed E-state index contributed by atoms with van der Waals surface area (Å²) in [5.74, 6) is 0.0102. The molecule has 1 aliphatic carbocycles. The minimum Gasteiger partial charge on any atom is -0.338 e. The number of likely N-dealkylation sites (tertiary alicyclic amines) is 1. The van der Waals surface area contributed by atoms with Crippen molar-refractivity contribution in [3.05, 3.63) is 35.4 Å². The molecule has 1 saturated carbocycles. The molecule has 1 aromatic carbocycles. The van der Waals surface area contributed by atoms with Crippen molar-refractivity contribution in [2.45, 2.75) is 31.5 Å². The molecule has 0 spiro atoms. The first-order valence-electron chi connectivity index (χ1n) is 7.59. The van der Waals surface area contributed by atoms with Gasteiger partial charge in [-0.3, -0.25) is 4.79 Å². The highest BCUT2D eigenvalue weighted by Crippen LogP contribution is 2.37. The van der Waals surface area contributed by atoms with Crippen molar-refractivity contribution in [3.63, 3.8) is 0 Å². The van der Waals surface area contributed by atoms with Crippen LogP contribution in [0.25, 0.3) is 0 Å². The summed E-state index contributed by atoms with van der Waals surface area (Å²) in [5, 5.41) is 0. The third-order valence-corrected chi connectivity index (χ3v) is 4.90. The van der Waals surface area contributed by atoms with Crippen LogP contribution in [-0.4, -0.2) is 29.9 Å². The Kier molecular flexibility index (Phi) is 3.89. The quantitative estimate of drug-likeness (QED) is 0.866. The molecule has 2 N–H and O–H groups in total. The van der Waals surface area contributed by atoms with Crippen LogP contribution in [0.2, 0.25) is 0 Å². The van der Waals surface area contributed by atoms with Gasteiger partial charge in [-0.2, -0.15) is 13.2 Å². The predicted octanol–water partition coefficient (Wildman–Crippen LogP) is 2.90. The van der Waals surface area contributed by atoms with Gasteiger partial charge in [0.15, 0.2) is 0 Å². The highest BCUT2D eigenvalue weighted by atomic mass is 19.4. The molecule has 0 radical (unpaired) electrons. The maximum Gasteiger partial charge on any atom is 0.417 e. The standard InChI is InChI=1S/C16H19F3N2O/c17-16(18,19)13-6-2-1-5-11(13)15(22)21-8-10-4-3-7-14(20)12(10)9-21/h1-2,5-6,10,12,14H,3-4,7-9,20H2. The van der Waals surface area contributed by atoms with Gasteiger partial charge >= 0.3 is 6.18 Å². The van der Waals surface area contributed by atoms with Gasteiger partial charge in [0.2, 0.25) is 0 Å². The number of benzene rings is 1. The van der Waals surface area contributed by atoms with Crippen molar-refractivity contribution in [2.24, 2.45) is 17.6 Å². The van der Waals surface area contributed by atoms with E-state index in [1.54, 1.807) is 4.90 Å². The van der Waals surface area contributed by atoms with E-state index in [1.165, 1.54) is 18.2 Å². The SMILES string of the molecule is NC1CCCC2CN(C(=O)c3ccccc3C(F)(F)F)CC12. The maximum absolute atomic E-state index is 13.1. The van der Waals surface area contributed by atoms with E-state index in [2.05, 4.69) is 0 Å². The van der Waals surface area contributed by atoms with Crippen molar-refractivity contribution < 1.29 is 18.0 Å². The number of amides is 1. The van der Waals surface area contributed by atoms with E-state index in [9.17, 15) is 18.0 Å². The summed E-state index contributed by atoms with van der Waals surface area (Å²) in [7, 11) is 0. The Bertz CT molecular complexity index is 573. The van der Waals surface area contributed by atoms with Gasteiger partial charge < -0.3 is 10.6 Å². The van der Waals surface area contributed by atoms with Crippen molar-refractivity contribution >= 4 is 5.91 Å². The number of carbonyl (C=O) groups excluding carboxylic acids is 1. The molecular weight excluding hydrogens is 293 g/mol. The van der Waals surface area contributed by atoms with E-state index in [1.807, 2.05) is 0 Å². The number of hydrogen-bond acceptors (Lipinski definition) is 2. The molecule has 2 fully saturated rings. The number of nitrogens with two attached hydrogens (primary N) is 1. The Morgan fingerprint density at radius 1 is 1.18 bits per heavy atom. The van der Waals surface area contributed by atoms with E-state index < -0.39 is 17.6 Å². The molecule has 3 unspecified atom stereocenters. The molecule has 3 nitrogen and oxygen atoms in total. The number of alkyl halides is 3. The van der Waals surface area contributed by atoms with Gasteiger partial charge in [-0.05, 0) is 36.8 Å². The molecule has 2 aliphatic rings. The lowest BCUT2D eigenvalue weighted by atomic mass is 9.78. The molecule has 1 saturated heterocycles. The Morgan fingerprint density at radius 3 is 2.59 bits per heavy atom. The molecule has 1 aromatic rings. The van der Waals surface area contributed by atoms with Crippen molar-refractivity contribution in [1.29, 1.82) is 0 Å². The first kappa shape index (κ1) is 15.3. The summed E-state index contributed by atoms with van der Waals surface area (Å²) in [6.45, 7) is 0.986. The zero-order valence-corrected chi connectivity index (χ0v) is 12.1. The van der Waals surface area contributed by atoms with Crippen molar-refractivity contribution in [2.75, 3.05) is 13.1 Å². The number of rotatable bonds is 1. The Labute approximate surface area is 127 Å². The second-order valence-corrected chi connectivity index (χ2v) is 6.27. The fraction of sp³-hybridized carbons (Fsp3) is 0.562. The van der Waals surface area contributed by atoms with E-state index >= 15 is 0 Å². The van der Waals surface area contributed by atoms with Gasteiger partial charge in [0.25, 0.3) is 5.91 Å². The van der Waals surface area contributed by atoms with Gasteiger partial charge in [-0.15, -0.1) is 0 Å². The van der Waals surface area contributed by atoms with E-state index in [0.29, 0.717) is 19.0 Å². The van der Waals surface area contributed by atoms with Gasteiger partial charge in [-0.1, -0.05) is 18.6 Å². The molecule has 3 rings (SSSR count). The summed E-state index contributed by atoms with van der Waals surface area (Å²) in [5.41, 5.74) is 4.98. The van der Waals surface area contributed by atoms with Crippen LogP contribution in [0.5, 0.6) is 0 Å². The lowest BCUT2D eigenvalue weighted by molar-refractivity contribution is -0.138. The number of hydrogen-bond donors (Lipinski definition) is 1. The zero-order chi connectivity index (χ0) is 15.9. The molecule has 1 heterocycles. The second-order valence-electron chi connectivity index (χ2n) is 6.27. The second kappa shape index (κ2) is 5.57. The van der Waals surface area contributed by atoms with Crippen molar-refractivity contribution in [1.82, 2.24) is 4.90 Å². The fourth-order valence-electron chi connectivity index (χ4n) is 3.77. The molecule has 3 atom stereocenters. The van der Waals surface area contributed by atoms with Crippen LogP contribution in [0.4, 0.5) is 13.2 Å². The maximum atomic E-state index is 13.1. The van der Waals surface area contributed by atoms with Crippen LogP contribution < -0.4 is 5.73 Å². The average Bonchev–Trinajstić information content (AvgIpc) is 2.91. The minimum atomic E-state index is -4.52. The van der Waals surface area contributed by atoms with Crippen molar-refractivity contribution in [3.8, 4) is 0 Å². The molecule has 1 aliphatic heterocycles. The van der Waals surface area contributed by atoms with E-state index in [-0.39, 0.29) is 17.5 Å². The number of nitrogens with zero attached hydrogens (tertiary/aromatic N) is 1. The topological polar surface area (TPSA) is 46.3 Å². The molecule has 0 bridgehead atoms. The highest BCUT2D eigenvalue weighted by molar-refractivity contribution is 5.96. The molecule has 6 heteroatoms. The minimum absolute atomic E-state index is 0.0504. The van der Waals surface area contributed by atoms with Crippen LogP contribution in [0, 0.1) is 11.8 Å². The first-order chi connectivity index (χ1) is 10.4. The van der Waals surface area contributed by atoms with Crippen LogP contribution in [0.3, 0.4) is 0 Å². The lowest BCUT2D eigenvalue weighted by Crippen LogP contribution is -2.38. The van der Waals surface area contributed by atoms with E-state index in [0.717, 1.165) is 25.3 Å². The van der Waals surface area contributed by atoms with Gasteiger partial charge in [0.05, 0.1) is 11.1 Å². The summed E-state index contributed by atoms with van der Waals surface area (Å²) >= 11 is 0. The third kappa shape index (κ3) is 2.72. The average molecular weight is 312 g/mol. The summed E-state index contributed by atoms with van der Waals surface area (Å²) in [6, 6.07) is 5.04. The summed E-state index contributed by atoms with van der Waals surface area (Å²) < 4.78 is 39.2. The monoisotopic (exact) mass is 312 g/mol. The van der Waals surface area contributed by atoms with Gasteiger partial charge in [0, 0.05) is 19.1 Å². The number of carbonyl (C=O) groups is 1. The first-order valence-corrected chi connectivity index (χ1v) is 7.59. The Hall–Kier alpha value is -1.56. The van der Waals surface area contributed by atoms with Crippen LogP contribution in [-0.2, 0) is 6.18 Å². The fourth-order valence-corrected chi connectivity index (χ4v) is 3.77.